The highest BCUT2D eigenvalue weighted by atomic mass is 16.7. The van der Waals surface area contributed by atoms with E-state index in [-0.39, 0.29) is 6.29 Å². The molecule has 0 fully saturated rings. The third kappa shape index (κ3) is 18.6. The fourth-order valence-corrected chi connectivity index (χ4v) is 3.77. The zero-order chi connectivity index (χ0) is 22.5. The van der Waals surface area contributed by atoms with E-state index in [1.54, 1.807) is 0 Å². The van der Waals surface area contributed by atoms with Gasteiger partial charge in [-0.1, -0.05) is 92.4 Å². The average Bonchev–Trinajstić information content (AvgIpc) is 2.77. The molecule has 0 N–H and O–H groups in total. The lowest BCUT2D eigenvalue weighted by molar-refractivity contribution is -0.148. The summed E-state index contributed by atoms with van der Waals surface area (Å²) in [5.74, 6) is 1.71. The molecule has 0 aliphatic carbocycles. The Hall–Kier alpha value is -0.120. The Balaban J connectivity index is 4.00. The van der Waals surface area contributed by atoms with Gasteiger partial charge in [-0.15, -0.1) is 0 Å². The van der Waals surface area contributed by atoms with Gasteiger partial charge in [0.1, 0.15) is 0 Å². The molecule has 4 atom stereocenters. The van der Waals surface area contributed by atoms with E-state index in [9.17, 15) is 0 Å². The minimum atomic E-state index is -0.00105. The summed E-state index contributed by atoms with van der Waals surface area (Å²) in [6, 6.07) is 0. The number of ether oxygens (including phenoxy) is 3. The van der Waals surface area contributed by atoms with Crippen molar-refractivity contribution in [3.8, 4) is 0 Å². The smallest absolute Gasteiger partial charge is 0.157 e. The molecule has 182 valence electrons. The lowest BCUT2D eigenvalue weighted by Crippen LogP contribution is -2.19. The van der Waals surface area contributed by atoms with Crippen molar-refractivity contribution in [3.63, 3.8) is 0 Å². The van der Waals surface area contributed by atoms with Crippen molar-refractivity contribution < 1.29 is 14.2 Å². The second-order valence-electron chi connectivity index (χ2n) is 9.45. The van der Waals surface area contributed by atoms with Gasteiger partial charge < -0.3 is 14.2 Å². The molecular weight excluding hydrogens is 372 g/mol. The van der Waals surface area contributed by atoms with E-state index in [4.69, 9.17) is 14.2 Å². The van der Waals surface area contributed by atoms with Crippen LogP contribution in [0.3, 0.4) is 0 Å². The monoisotopic (exact) mass is 428 g/mol. The third-order valence-corrected chi connectivity index (χ3v) is 6.69. The van der Waals surface area contributed by atoms with Gasteiger partial charge in [-0.05, 0) is 50.4 Å². The van der Waals surface area contributed by atoms with Gasteiger partial charge in [0, 0.05) is 20.3 Å². The maximum atomic E-state index is 6.15. The Kier molecular flexibility index (Phi) is 22.0. The average molecular weight is 429 g/mol. The van der Waals surface area contributed by atoms with Gasteiger partial charge in [0.15, 0.2) is 6.29 Å². The largest absolute Gasteiger partial charge is 0.381 e. The van der Waals surface area contributed by atoms with Crippen molar-refractivity contribution in [2.75, 3.05) is 20.3 Å². The zero-order valence-electron chi connectivity index (χ0n) is 21.6. The number of rotatable bonds is 23. The van der Waals surface area contributed by atoms with Crippen molar-refractivity contribution in [2.45, 2.75) is 143 Å². The molecule has 30 heavy (non-hydrogen) atoms. The van der Waals surface area contributed by atoms with E-state index in [2.05, 4.69) is 34.6 Å². The van der Waals surface area contributed by atoms with Gasteiger partial charge in [0.05, 0.1) is 6.10 Å². The van der Waals surface area contributed by atoms with E-state index in [1.165, 1.54) is 77.0 Å². The van der Waals surface area contributed by atoms with E-state index >= 15 is 0 Å². The molecule has 3 nitrogen and oxygen atoms in total. The number of unbranched alkanes of at least 4 members (excludes halogenated alkanes) is 5. The normalized spacial score (nSPS) is 15.8. The fourth-order valence-electron chi connectivity index (χ4n) is 3.77. The SMILES string of the molecule is CCC(C)CCCCCOC(CCCCC(C)CC)OCCCCCC(CC)OC. The van der Waals surface area contributed by atoms with E-state index < -0.39 is 0 Å². The highest BCUT2D eigenvalue weighted by molar-refractivity contribution is 4.57. The van der Waals surface area contributed by atoms with Crippen LogP contribution in [0.25, 0.3) is 0 Å². The number of hydrogen-bond donors (Lipinski definition) is 0. The first-order valence-electron chi connectivity index (χ1n) is 13.3. The van der Waals surface area contributed by atoms with Crippen LogP contribution in [0.4, 0.5) is 0 Å². The second kappa shape index (κ2) is 22.1. The Bertz CT molecular complexity index is 330. The summed E-state index contributed by atoms with van der Waals surface area (Å²) < 4.78 is 17.8. The zero-order valence-corrected chi connectivity index (χ0v) is 21.6. The van der Waals surface area contributed by atoms with Crippen molar-refractivity contribution in [3.05, 3.63) is 0 Å². The minimum absolute atomic E-state index is 0.00105. The Morgan fingerprint density at radius 2 is 1.00 bits per heavy atom. The molecule has 0 aromatic carbocycles. The molecular formula is C27H56O3. The highest BCUT2D eigenvalue weighted by Gasteiger charge is 2.10. The Morgan fingerprint density at radius 1 is 0.533 bits per heavy atom. The van der Waals surface area contributed by atoms with Crippen LogP contribution in [0, 0.1) is 11.8 Å². The summed E-state index contributed by atoms with van der Waals surface area (Å²) in [5, 5.41) is 0. The summed E-state index contributed by atoms with van der Waals surface area (Å²) in [5.41, 5.74) is 0. The molecule has 0 aromatic heterocycles. The minimum Gasteiger partial charge on any atom is -0.381 e. The topological polar surface area (TPSA) is 27.7 Å². The third-order valence-electron chi connectivity index (χ3n) is 6.69. The first kappa shape index (κ1) is 29.9. The van der Waals surface area contributed by atoms with Crippen LogP contribution in [0.15, 0.2) is 0 Å². The Morgan fingerprint density at radius 3 is 1.47 bits per heavy atom. The molecule has 0 amide bonds. The molecule has 0 aliphatic rings. The van der Waals surface area contributed by atoms with Crippen molar-refractivity contribution in [1.82, 2.24) is 0 Å². The van der Waals surface area contributed by atoms with Gasteiger partial charge in [-0.25, -0.2) is 0 Å². The van der Waals surface area contributed by atoms with Crippen LogP contribution >= 0.6 is 0 Å². The lowest BCUT2D eigenvalue weighted by atomic mass is 10.0. The molecule has 3 heteroatoms. The van der Waals surface area contributed by atoms with Crippen LogP contribution < -0.4 is 0 Å². The summed E-state index contributed by atoms with van der Waals surface area (Å²) in [7, 11) is 1.82. The quantitative estimate of drug-likeness (QED) is 0.120. The van der Waals surface area contributed by atoms with E-state index in [1.807, 2.05) is 7.11 Å². The molecule has 0 bridgehead atoms. The predicted molar refractivity (Wildman–Crippen MR) is 131 cm³/mol. The molecule has 4 unspecified atom stereocenters. The summed E-state index contributed by atoms with van der Waals surface area (Å²) >= 11 is 0. The number of hydrogen-bond acceptors (Lipinski definition) is 3. The van der Waals surface area contributed by atoms with Crippen LogP contribution in [0.1, 0.15) is 131 Å². The lowest BCUT2D eigenvalue weighted by Gasteiger charge is -2.19. The molecule has 0 aromatic rings. The highest BCUT2D eigenvalue weighted by Crippen LogP contribution is 2.17. The molecule has 0 heterocycles. The molecule has 0 radical (unpaired) electrons. The van der Waals surface area contributed by atoms with Gasteiger partial charge in [0.25, 0.3) is 0 Å². The second-order valence-corrected chi connectivity index (χ2v) is 9.45. The fraction of sp³-hybridized carbons (Fsp3) is 1.00. The standard InChI is InChI=1S/C27H56O3/c1-7-24(4)18-12-10-16-22-29-27(21-15-14-19-25(5)8-2)30-23-17-11-13-20-26(9-3)28-6/h24-27H,7-23H2,1-6H3. The summed E-state index contributed by atoms with van der Waals surface area (Å²) in [6.07, 6.45) is 18.9. The molecule has 0 spiro atoms. The molecule has 0 saturated heterocycles. The van der Waals surface area contributed by atoms with E-state index in [0.29, 0.717) is 6.10 Å². The maximum Gasteiger partial charge on any atom is 0.157 e. The maximum absolute atomic E-state index is 6.15. The van der Waals surface area contributed by atoms with Crippen LogP contribution in [-0.4, -0.2) is 32.7 Å². The predicted octanol–water partition coefficient (Wildman–Crippen LogP) is 8.54. The Labute approximate surface area is 190 Å². The van der Waals surface area contributed by atoms with Crippen LogP contribution in [0.5, 0.6) is 0 Å². The molecule has 0 saturated carbocycles. The van der Waals surface area contributed by atoms with Crippen LogP contribution in [0.2, 0.25) is 0 Å². The van der Waals surface area contributed by atoms with E-state index in [0.717, 1.165) is 44.3 Å². The van der Waals surface area contributed by atoms with Crippen molar-refractivity contribution in [1.29, 1.82) is 0 Å². The van der Waals surface area contributed by atoms with Crippen molar-refractivity contribution in [2.24, 2.45) is 11.8 Å². The van der Waals surface area contributed by atoms with Gasteiger partial charge >= 0.3 is 0 Å². The molecule has 0 rings (SSSR count). The summed E-state index contributed by atoms with van der Waals surface area (Å²) in [4.78, 5) is 0. The van der Waals surface area contributed by atoms with Crippen LogP contribution in [-0.2, 0) is 14.2 Å². The molecule has 0 aliphatic heterocycles. The summed E-state index contributed by atoms with van der Waals surface area (Å²) in [6.45, 7) is 13.2. The van der Waals surface area contributed by atoms with Crippen molar-refractivity contribution >= 4 is 0 Å². The van der Waals surface area contributed by atoms with Gasteiger partial charge in [-0.3, -0.25) is 0 Å². The van der Waals surface area contributed by atoms with Gasteiger partial charge in [0.2, 0.25) is 0 Å². The first-order valence-corrected chi connectivity index (χ1v) is 13.3. The first-order chi connectivity index (χ1) is 14.6. The van der Waals surface area contributed by atoms with Gasteiger partial charge in [-0.2, -0.15) is 0 Å². The number of methoxy groups -OCH3 is 1.